The molecule has 0 saturated heterocycles. The third-order valence-corrected chi connectivity index (χ3v) is 3.10. The second-order valence-electron chi connectivity index (χ2n) is 2.95. The molecule has 15 heavy (non-hydrogen) atoms. The molecule has 84 valence electrons. The van der Waals surface area contributed by atoms with Crippen molar-refractivity contribution in [1.82, 2.24) is 14.9 Å². The third-order valence-electron chi connectivity index (χ3n) is 1.69. The summed E-state index contributed by atoms with van der Waals surface area (Å²) in [6.45, 7) is 2.84. The number of nitrogens with zero attached hydrogens (tertiary/aromatic N) is 2. The molecule has 7 heteroatoms. The Morgan fingerprint density at radius 2 is 2.47 bits per heavy atom. The lowest BCUT2D eigenvalue weighted by atomic mass is 10.3. The molecule has 1 N–H and O–H groups in total. The zero-order valence-corrected chi connectivity index (χ0v) is 10.9. The second kappa shape index (κ2) is 6.14. The van der Waals surface area contributed by atoms with Crippen LogP contribution in [0.1, 0.15) is 15.4 Å². The van der Waals surface area contributed by atoms with Crippen LogP contribution in [0.15, 0.2) is 0 Å². The van der Waals surface area contributed by atoms with E-state index in [1.54, 1.807) is 14.0 Å². The van der Waals surface area contributed by atoms with Crippen molar-refractivity contribution < 1.29 is 9.53 Å². The number of nitrogens with one attached hydrogen (secondary N) is 1. The predicted molar refractivity (Wildman–Crippen MR) is 61.6 cm³/mol. The molecule has 0 aliphatic rings. The summed E-state index contributed by atoms with van der Waals surface area (Å²) in [5.74, 6) is -0.136. The lowest BCUT2D eigenvalue weighted by Crippen LogP contribution is -2.31. The average molecular weight is 294 g/mol. The van der Waals surface area contributed by atoms with Crippen LogP contribution in [0.25, 0.3) is 0 Å². The molecule has 0 saturated carbocycles. The molecule has 5 nitrogen and oxygen atoms in total. The molecule has 0 aromatic carbocycles. The average Bonchev–Trinajstić information content (AvgIpc) is 2.61. The molecular formula is C8H12BrN3O2S. The van der Waals surface area contributed by atoms with Crippen LogP contribution in [0.5, 0.6) is 0 Å². The van der Waals surface area contributed by atoms with Crippen molar-refractivity contribution >= 4 is 33.4 Å². The van der Waals surface area contributed by atoms with Crippen LogP contribution in [0.2, 0.25) is 0 Å². The van der Waals surface area contributed by atoms with Crippen LogP contribution < -0.4 is 5.32 Å². The van der Waals surface area contributed by atoms with Crippen molar-refractivity contribution in [2.24, 2.45) is 0 Å². The van der Waals surface area contributed by atoms with Crippen LogP contribution in [0, 0.1) is 6.92 Å². The first-order chi connectivity index (χ1) is 7.15. The first kappa shape index (κ1) is 12.5. The Balaban J connectivity index is 2.40. The molecule has 1 atom stereocenters. The van der Waals surface area contributed by atoms with Crippen LogP contribution in [-0.2, 0) is 4.74 Å². The van der Waals surface area contributed by atoms with Crippen molar-refractivity contribution in [3.8, 4) is 0 Å². The van der Waals surface area contributed by atoms with Gasteiger partial charge in [0, 0.05) is 13.7 Å². The van der Waals surface area contributed by atoms with Crippen LogP contribution >= 0.6 is 27.5 Å². The topological polar surface area (TPSA) is 64.1 Å². The van der Waals surface area contributed by atoms with Gasteiger partial charge in [-0.05, 0) is 18.5 Å². The van der Waals surface area contributed by atoms with Gasteiger partial charge in [0.1, 0.15) is 4.88 Å². The van der Waals surface area contributed by atoms with Gasteiger partial charge in [0.2, 0.25) is 0 Å². The van der Waals surface area contributed by atoms with E-state index < -0.39 is 0 Å². The molecule has 0 spiro atoms. The molecule has 1 aromatic rings. The lowest BCUT2D eigenvalue weighted by molar-refractivity contribution is 0.0953. The molecule has 1 unspecified atom stereocenters. The van der Waals surface area contributed by atoms with Gasteiger partial charge >= 0.3 is 0 Å². The normalized spacial score (nSPS) is 12.5. The van der Waals surface area contributed by atoms with E-state index in [4.69, 9.17) is 4.74 Å². The fourth-order valence-corrected chi connectivity index (χ4v) is 1.96. The number of aryl methyl sites for hydroxylation is 1. The Morgan fingerprint density at radius 1 is 1.73 bits per heavy atom. The number of halogens is 1. The number of alkyl halides is 1. The highest BCUT2D eigenvalue weighted by atomic mass is 79.9. The highest BCUT2D eigenvalue weighted by Gasteiger charge is 2.13. The van der Waals surface area contributed by atoms with Gasteiger partial charge in [-0.3, -0.25) is 4.79 Å². The van der Waals surface area contributed by atoms with E-state index in [0.717, 1.165) is 11.5 Å². The molecule has 0 radical (unpaired) electrons. The second-order valence-corrected chi connectivity index (χ2v) is 5.00. The summed E-state index contributed by atoms with van der Waals surface area (Å²) < 4.78 is 8.63. The largest absolute Gasteiger partial charge is 0.383 e. The van der Waals surface area contributed by atoms with E-state index in [-0.39, 0.29) is 10.7 Å². The standard InChI is InChI=1S/C8H12BrN3O2S/c1-5-7(15-12-11-5)8(13)10-3-6(9)4-14-2/h6H,3-4H2,1-2H3,(H,10,13). The molecular weight excluding hydrogens is 282 g/mol. The van der Waals surface area contributed by atoms with E-state index in [9.17, 15) is 4.79 Å². The minimum Gasteiger partial charge on any atom is -0.383 e. The Labute approximate surface area is 101 Å². The zero-order valence-electron chi connectivity index (χ0n) is 8.49. The highest BCUT2D eigenvalue weighted by molar-refractivity contribution is 9.09. The number of methoxy groups -OCH3 is 1. The minimum absolute atomic E-state index is 0.118. The maximum Gasteiger partial charge on any atom is 0.264 e. The molecule has 1 amide bonds. The van der Waals surface area contributed by atoms with Crippen LogP contribution in [-0.4, -0.2) is 40.6 Å². The Kier molecular flexibility index (Phi) is 5.13. The summed E-state index contributed by atoms with van der Waals surface area (Å²) in [6, 6.07) is 0. The fraction of sp³-hybridized carbons (Fsp3) is 0.625. The van der Waals surface area contributed by atoms with Crippen molar-refractivity contribution in [3.05, 3.63) is 10.6 Å². The van der Waals surface area contributed by atoms with Gasteiger partial charge in [-0.1, -0.05) is 20.4 Å². The summed E-state index contributed by atoms with van der Waals surface area (Å²) in [6.07, 6.45) is 0. The molecule has 1 aromatic heterocycles. The molecule has 0 aliphatic carbocycles. The van der Waals surface area contributed by atoms with E-state index in [0.29, 0.717) is 23.7 Å². The summed E-state index contributed by atoms with van der Waals surface area (Å²) in [5.41, 5.74) is 0.662. The number of aromatic nitrogens is 2. The molecule has 1 heterocycles. The van der Waals surface area contributed by atoms with Crippen molar-refractivity contribution in [1.29, 1.82) is 0 Å². The number of rotatable bonds is 5. The highest BCUT2D eigenvalue weighted by Crippen LogP contribution is 2.08. The van der Waals surface area contributed by atoms with Gasteiger partial charge < -0.3 is 10.1 Å². The zero-order chi connectivity index (χ0) is 11.3. The predicted octanol–water partition coefficient (Wildman–Crippen LogP) is 0.986. The fourth-order valence-electron chi connectivity index (χ4n) is 0.963. The summed E-state index contributed by atoms with van der Waals surface area (Å²) in [7, 11) is 1.62. The summed E-state index contributed by atoms with van der Waals surface area (Å²) >= 11 is 4.48. The maximum absolute atomic E-state index is 11.6. The van der Waals surface area contributed by atoms with Crippen LogP contribution in [0.3, 0.4) is 0 Å². The third kappa shape index (κ3) is 3.84. The lowest BCUT2D eigenvalue weighted by Gasteiger charge is -2.09. The molecule has 0 aliphatic heterocycles. The Morgan fingerprint density at radius 3 is 3.00 bits per heavy atom. The summed E-state index contributed by atoms with van der Waals surface area (Å²) in [5, 5.41) is 6.55. The van der Waals surface area contributed by atoms with E-state index in [1.165, 1.54) is 0 Å². The van der Waals surface area contributed by atoms with Crippen molar-refractivity contribution in [2.75, 3.05) is 20.3 Å². The van der Waals surface area contributed by atoms with Gasteiger partial charge in [0.25, 0.3) is 5.91 Å². The number of hydrogen-bond donors (Lipinski definition) is 1. The van der Waals surface area contributed by atoms with Crippen molar-refractivity contribution in [3.63, 3.8) is 0 Å². The maximum atomic E-state index is 11.6. The number of ether oxygens (including phenoxy) is 1. The Hall–Kier alpha value is -0.530. The Bertz CT molecular complexity index is 331. The quantitative estimate of drug-likeness (QED) is 0.822. The van der Waals surface area contributed by atoms with Gasteiger partial charge in [-0.2, -0.15) is 0 Å². The van der Waals surface area contributed by atoms with Crippen molar-refractivity contribution in [2.45, 2.75) is 11.8 Å². The first-order valence-corrected chi connectivity index (χ1v) is 6.04. The van der Waals surface area contributed by atoms with E-state index in [1.807, 2.05) is 0 Å². The van der Waals surface area contributed by atoms with Gasteiger partial charge in [0.15, 0.2) is 0 Å². The number of carbonyl (C=O) groups is 1. The number of carbonyl (C=O) groups excluding carboxylic acids is 1. The van der Waals surface area contributed by atoms with Crippen LogP contribution in [0.4, 0.5) is 0 Å². The molecule has 0 fully saturated rings. The smallest absolute Gasteiger partial charge is 0.264 e. The molecule has 1 rings (SSSR count). The van der Waals surface area contributed by atoms with Gasteiger partial charge in [0.05, 0.1) is 17.1 Å². The van der Waals surface area contributed by atoms with E-state index in [2.05, 4.69) is 30.8 Å². The van der Waals surface area contributed by atoms with Gasteiger partial charge in [-0.25, -0.2) is 0 Å². The number of hydrogen-bond acceptors (Lipinski definition) is 5. The summed E-state index contributed by atoms with van der Waals surface area (Å²) in [4.78, 5) is 12.3. The minimum atomic E-state index is -0.136. The van der Waals surface area contributed by atoms with E-state index >= 15 is 0 Å². The van der Waals surface area contributed by atoms with Gasteiger partial charge in [-0.15, -0.1) is 5.10 Å². The SMILES string of the molecule is COCC(Br)CNC(=O)c1snnc1C. The first-order valence-electron chi connectivity index (χ1n) is 4.35. The monoisotopic (exact) mass is 293 g/mol. The number of amides is 1. The molecule has 0 bridgehead atoms.